The molecule has 0 saturated carbocycles. The Morgan fingerprint density at radius 3 is 2.20 bits per heavy atom. The molecule has 1 aliphatic rings. The Bertz CT molecular complexity index is 1620. The molecule has 11 heteroatoms. The van der Waals surface area contributed by atoms with E-state index >= 15 is 0 Å². The van der Waals surface area contributed by atoms with Gasteiger partial charge in [-0.05, 0) is 47.5 Å². The molecule has 0 spiro atoms. The highest BCUT2D eigenvalue weighted by atomic mass is 32.2. The van der Waals surface area contributed by atoms with Gasteiger partial charge in [0.2, 0.25) is 15.9 Å². The van der Waals surface area contributed by atoms with Crippen molar-refractivity contribution >= 4 is 21.8 Å². The fraction of sp³-hybridized carbons (Fsp3) is 0.242. The smallest absolute Gasteiger partial charge is 0.261 e. The fourth-order valence-corrected chi connectivity index (χ4v) is 6.27. The number of morpholine rings is 1. The number of pyridine rings is 1. The largest absolute Gasteiger partial charge is 0.484 e. The zero-order chi connectivity index (χ0) is 30.8. The Labute approximate surface area is 257 Å². The highest BCUT2D eigenvalue weighted by Gasteiger charge is 2.32. The lowest BCUT2D eigenvalue weighted by Gasteiger charge is -2.31. The predicted molar refractivity (Wildman–Crippen MR) is 164 cm³/mol. The topological polar surface area (TPSA) is 118 Å². The molecule has 1 N–H and O–H groups in total. The summed E-state index contributed by atoms with van der Waals surface area (Å²) in [5, 5.41) is 2.93. The van der Waals surface area contributed by atoms with E-state index < -0.39 is 22.0 Å². The molecule has 0 bridgehead atoms. The minimum Gasteiger partial charge on any atom is -0.484 e. The van der Waals surface area contributed by atoms with Crippen molar-refractivity contribution in [3.05, 3.63) is 126 Å². The Morgan fingerprint density at radius 1 is 0.886 bits per heavy atom. The molecule has 1 atom stereocenters. The van der Waals surface area contributed by atoms with Gasteiger partial charge in [0.25, 0.3) is 5.91 Å². The molecule has 2 heterocycles. The van der Waals surface area contributed by atoms with Gasteiger partial charge in [-0.1, -0.05) is 66.7 Å². The number of aromatic nitrogens is 1. The molecule has 3 aromatic carbocycles. The van der Waals surface area contributed by atoms with Crippen molar-refractivity contribution in [1.82, 2.24) is 19.5 Å². The number of carbonyl (C=O) groups is 2. The molecule has 1 aromatic heterocycles. The van der Waals surface area contributed by atoms with E-state index in [1.807, 2.05) is 72.8 Å². The molecule has 1 aliphatic heterocycles. The summed E-state index contributed by atoms with van der Waals surface area (Å²) in [6.07, 6.45) is 1.66. The van der Waals surface area contributed by atoms with E-state index in [2.05, 4.69) is 10.3 Å². The standard InChI is InChI=1S/C33H34N4O6S/c38-31(25-43-29-14-16-30(17-15-29)44(40,41)36-19-21-42-22-20-36)37(24-26-9-3-1-4-10-26)32(27-11-5-2-6-12-27)33(39)35-23-28-13-7-8-18-34-28/h1-18,32H,19-25H2,(H,35,39)/t32-/m1/s1. The maximum Gasteiger partial charge on any atom is 0.261 e. The number of carbonyl (C=O) groups excluding carboxylic acids is 2. The van der Waals surface area contributed by atoms with Crippen molar-refractivity contribution in [2.75, 3.05) is 32.9 Å². The average Bonchev–Trinajstić information content (AvgIpc) is 3.08. The van der Waals surface area contributed by atoms with Crippen LogP contribution in [0.2, 0.25) is 0 Å². The first-order valence-electron chi connectivity index (χ1n) is 14.3. The maximum absolute atomic E-state index is 13.8. The normalized spacial score (nSPS) is 14.4. The van der Waals surface area contributed by atoms with Crippen molar-refractivity contribution in [1.29, 1.82) is 0 Å². The van der Waals surface area contributed by atoms with Crippen LogP contribution in [0.25, 0.3) is 0 Å². The first kappa shape index (κ1) is 30.9. The van der Waals surface area contributed by atoms with Gasteiger partial charge in [-0.25, -0.2) is 8.42 Å². The molecule has 5 rings (SSSR count). The van der Waals surface area contributed by atoms with E-state index in [0.717, 1.165) is 5.56 Å². The molecule has 1 saturated heterocycles. The van der Waals surface area contributed by atoms with Gasteiger partial charge >= 0.3 is 0 Å². The molecule has 10 nitrogen and oxygen atoms in total. The van der Waals surface area contributed by atoms with E-state index in [4.69, 9.17) is 9.47 Å². The summed E-state index contributed by atoms with van der Waals surface area (Å²) in [6, 6.07) is 29.0. The van der Waals surface area contributed by atoms with Gasteiger partial charge in [0.05, 0.1) is 30.3 Å². The number of amides is 2. The second-order valence-electron chi connectivity index (χ2n) is 10.1. The van der Waals surface area contributed by atoms with Crippen LogP contribution in [0.5, 0.6) is 5.75 Å². The molecule has 44 heavy (non-hydrogen) atoms. The molecule has 0 aliphatic carbocycles. The summed E-state index contributed by atoms with van der Waals surface area (Å²) in [5.41, 5.74) is 2.18. The zero-order valence-electron chi connectivity index (χ0n) is 24.1. The minimum absolute atomic E-state index is 0.137. The van der Waals surface area contributed by atoms with Gasteiger partial charge in [-0.3, -0.25) is 14.6 Å². The van der Waals surface area contributed by atoms with Crippen molar-refractivity contribution in [2.45, 2.75) is 24.0 Å². The van der Waals surface area contributed by atoms with Crippen molar-refractivity contribution in [3.63, 3.8) is 0 Å². The van der Waals surface area contributed by atoms with E-state index in [1.165, 1.54) is 33.5 Å². The van der Waals surface area contributed by atoms with Crippen LogP contribution in [0, 0.1) is 0 Å². The molecular formula is C33H34N4O6S. The van der Waals surface area contributed by atoms with Crippen molar-refractivity contribution in [2.24, 2.45) is 0 Å². The quantitative estimate of drug-likeness (QED) is 0.259. The molecule has 2 amide bonds. The highest BCUT2D eigenvalue weighted by molar-refractivity contribution is 7.89. The monoisotopic (exact) mass is 614 g/mol. The third-order valence-corrected chi connectivity index (χ3v) is 9.07. The van der Waals surface area contributed by atoms with E-state index in [-0.39, 0.29) is 30.5 Å². The van der Waals surface area contributed by atoms with Crippen LogP contribution in [0.1, 0.15) is 22.9 Å². The SMILES string of the molecule is O=C(NCc1ccccn1)[C@@H](c1ccccc1)N(Cc1ccccc1)C(=O)COc1ccc(S(=O)(=O)N2CCOCC2)cc1. The second kappa shape index (κ2) is 14.7. The molecular weight excluding hydrogens is 580 g/mol. The lowest BCUT2D eigenvalue weighted by molar-refractivity contribution is -0.143. The molecule has 1 fully saturated rings. The van der Waals surface area contributed by atoms with E-state index in [1.54, 1.807) is 12.3 Å². The fourth-order valence-electron chi connectivity index (χ4n) is 4.86. The molecule has 0 unspecified atom stereocenters. The number of hydrogen-bond acceptors (Lipinski definition) is 7. The third kappa shape index (κ3) is 7.87. The van der Waals surface area contributed by atoms with Gasteiger partial charge in [0.1, 0.15) is 11.8 Å². The lowest BCUT2D eigenvalue weighted by Crippen LogP contribution is -2.45. The first-order valence-corrected chi connectivity index (χ1v) is 15.7. The van der Waals surface area contributed by atoms with Crippen molar-refractivity contribution in [3.8, 4) is 5.75 Å². The van der Waals surface area contributed by atoms with Crippen LogP contribution in [-0.2, 0) is 37.4 Å². The summed E-state index contributed by atoms with van der Waals surface area (Å²) in [5.74, 6) is -0.445. The van der Waals surface area contributed by atoms with Crippen LogP contribution < -0.4 is 10.1 Å². The van der Waals surface area contributed by atoms with Gasteiger partial charge in [0, 0.05) is 25.8 Å². The van der Waals surface area contributed by atoms with Crippen LogP contribution in [0.4, 0.5) is 0 Å². The second-order valence-corrected chi connectivity index (χ2v) is 12.1. The van der Waals surface area contributed by atoms with Crippen LogP contribution >= 0.6 is 0 Å². The number of nitrogens with zero attached hydrogens (tertiary/aromatic N) is 3. The van der Waals surface area contributed by atoms with Crippen LogP contribution in [-0.4, -0.2) is 67.3 Å². The average molecular weight is 615 g/mol. The molecule has 228 valence electrons. The van der Waals surface area contributed by atoms with Gasteiger partial charge in [-0.2, -0.15) is 4.31 Å². The number of ether oxygens (including phenoxy) is 2. The van der Waals surface area contributed by atoms with Crippen LogP contribution in [0.3, 0.4) is 0 Å². The van der Waals surface area contributed by atoms with Gasteiger partial charge in [-0.15, -0.1) is 0 Å². The minimum atomic E-state index is -3.66. The number of sulfonamides is 1. The summed E-state index contributed by atoms with van der Waals surface area (Å²) in [4.78, 5) is 33.5. The summed E-state index contributed by atoms with van der Waals surface area (Å²) in [7, 11) is -3.66. The Morgan fingerprint density at radius 2 is 1.55 bits per heavy atom. The highest BCUT2D eigenvalue weighted by Crippen LogP contribution is 2.25. The third-order valence-electron chi connectivity index (χ3n) is 7.16. The summed E-state index contributed by atoms with van der Waals surface area (Å²) < 4.78 is 38.4. The maximum atomic E-state index is 13.8. The number of nitrogens with one attached hydrogen (secondary N) is 1. The van der Waals surface area contributed by atoms with Gasteiger partial charge < -0.3 is 19.7 Å². The molecule has 4 aromatic rings. The summed E-state index contributed by atoms with van der Waals surface area (Å²) in [6.45, 7) is 1.30. The summed E-state index contributed by atoms with van der Waals surface area (Å²) >= 11 is 0. The Hall–Kier alpha value is -4.58. The number of benzene rings is 3. The Balaban J connectivity index is 1.35. The van der Waals surface area contributed by atoms with Crippen molar-refractivity contribution < 1.29 is 27.5 Å². The van der Waals surface area contributed by atoms with Crippen LogP contribution in [0.15, 0.2) is 114 Å². The zero-order valence-corrected chi connectivity index (χ0v) is 24.9. The number of hydrogen-bond donors (Lipinski definition) is 1. The Kier molecular flexibility index (Phi) is 10.3. The van der Waals surface area contributed by atoms with E-state index in [9.17, 15) is 18.0 Å². The predicted octanol–water partition coefficient (Wildman–Crippen LogP) is 3.57. The number of rotatable bonds is 12. The van der Waals surface area contributed by atoms with Gasteiger partial charge in [0.15, 0.2) is 6.61 Å². The lowest BCUT2D eigenvalue weighted by atomic mass is 10.0. The van der Waals surface area contributed by atoms with E-state index in [0.29, 0.717) is 43.3 Å². The first-order chi connectivity index (χ1) is 21.4. The molecule has 0 radical (unpaired) electrons.